The van der Waals surface area contributed by atoms with Crippen LogP contribution in [0.2, 0.25) is 0 Å². The van der Waals surface area contributed by atoms with Gasteiger partial charge in [-0.25, -0.2) is 9.37 Å². The van der Waals surface area contributed by atoms with Crippen molar-refractivity contribution >= 4 is 27.7 Å². The normalized spacial score (nSPS) is 10.3. The lowest BCUT2D eigenvalue weighted by molar-refractivity contribution is -0.115. The van der Waals surface area contributed by atoms with Crippen LogP contribution >= 0.6 is 15.9 Å². The van der Waals surface area contributed by atoms with E-state index >= 15 is 0 Å². The van der Waals surface area contributed by atoms with Crippen LogP contribution in [-0.4, -0.2) is 10.9 Å². The Labute approximate surface area is 119 Å². The average Bonchev–Trinajstić information content (AvgIpc) is 2.34. The predicted octanol–water partition coefficient (Wildman–Crippen LogP) is 3.47. The van der Waals surface area contributed by atoms with E-state index in [0.717, 1.165) is 10.0 Å². The summed E-state index contributed by atoms with van der Waals surface area (Å²) in [5, 5.41) is 2.65. The SMILES string of the molecule is Cc1ccnc(NC(=O)Cc2cc(Br)ccc2F)c1. The maximum atomic E-state index is 13.5. The van der Waals surface area contributed by atoms with Crippen molar-refractivity contribution in [2.75, 3.05) is 5.32 Å². The van der Waals surface area contributed by atoms with Gasteiger partial charge in [-0.05, 0) is 48.4 Å². The number of halogens is 2. The number of anilines is 1. The Kier molecular flexibility index (Phi) is 4.27. The molecule has 0 atom stereocenters. The van der Waals surface area contributed by atoms with Crippen LogP contribution in [0.1, 0.15) is 11.1 Å². The van der Waals surface area contributed by atoms with Crippen LogP contribution in [-0.2, 0) is 11.2 Å². The highest BCUT2D eigenvalue weighted by molar-refractivity contribution is 9.10. The highest BCUT2D eigenvalue weighted by Gasteiger charge is 2.09. The minimum Gasteiger partial charge on any atom is -0.310 e. The van der Waals surface area contributed by atoms with Crippen molar-refractivity contribution in [1.29, 1.82) is 0 Å². The molecule has 98 valence electrons. The van der Waals surface area contributed by atoms with Crippen molar-refractivity contribution in [2.24, 2.45) is 0 Å². The quantitative estimate of drug-likeness (QED) is 0.940. The molecule has 1 N–H and O–H groups in total. The number of pyridine rings is 1. The van der Waals surface area contributed by atoms with Crippen LogP contribution in [0.3, 0.4) is 0 Å². The van der Waals surface area contributed by atoms with E-state index in [1.165, 1.54) is 6.07 Å². The molecule has 0 saturated carbocycles. The Morgan fingerprint density at radius 3 is 2.89 bits per heavy atom. The standard InChI is InChI=1S/C14H12BrFN2O/c1-9-4-5-17-13(6-9)18-14(19)8-10-7-11(15)2-3-12(10)16/h2-7H,8H2,1H3,(H,17,18,19). The van der Waals surface area contributed by atoms with Gasteiger partial charge in [0.2, 0.25) is 5.91 Å². The van der Waals surface area contributed by atoms with Crippen LogP contribution < -0.4 is 5.32 Å². The highest BCUT2D eigenvalue weighted by Crippen LogP contribution is 2.16. The van der Waals surface area contributed by atoms with Crippen LogP contribution in [0.4, 0.5) is 10.2 Å². The van der Waals surface area contributed by atoms with E-state index in [0.29, 0.717) is 11.4 Å². The van der Waals surface area contributed by atoms with Crippen molar-refractivity contribution in [3.05, 3.63) is 57.9 Å². The van der Waals surface area contributed by atoms with Gasteiger partial charge in [-0.3, -0.25) is 4.79 Å². The van der Waals surface area contributed by atoms with Crippen molar-refractivity contribution in [1.82, 2.24) is 4.98 Å². The third kappa shape index (κ3) is 3.86. The van der Waals surface area contributed by atoms with Gasteiger partial charge in [0.05, 0.1) is 6.42 Å². The summed E-state index contributed by atoms with van der Waals surface area (Å²) >= 11 is 3.25. The summed E-state index contributed by atoms with van der Waals surface area (Å²) in [7, 11) is 0. The summed E-state index contributed by atoms with van der Waals surface area (Å²) in [4.78, 5) is 15.8. The Morgan fingerprint density at radius 1 is 1.37 bits per heavy atom. The van der Waals surface area contributed by atoms with E-state index in [1.54, 1.807) is 24.4 Å². The van der Waals surface area contributed by atoms with E-state index < -0.39 is 5.82 Å². The molecule has 0 fully saturated rings. The molecule has 0 aliphatic carbocycles. The molecule has 0 aliphatic rings. The molecular formula is C14H12BrFN2O. The molecule has 2 rings (SSSR count). The van der Waals surface area contributed by atoms with Crippen LogP contribution in [0.15, 0.2) is 41.0 Å². The lowest BCUT2D eigenvalue weighted by Crippen LogP contribution is -2.16. The molecule has 1 amide bonds. The summed E-state index contributed by atoms with van der Waals surface area (Å²) in [5.41, 5.74) is 1.35. The number of carbonyl (C=O) groups is 1. The topological polar surface area (TPSA) is 42.0 Å². The molecule has 0 spiro atoms. The largest absolute Gasteiger partial charge is 0.310 e. The van der Waals surface area contributed by atoms with E-state index in [1.807, 2.05) is 13.0 Å². The fraction of sp³-hybridized carbons (Fsp3) is 0.143. The van der Waals surface area contributed by atoms with Gasteiger partial charge in [0, 0.05) is 10.7 Å². The zero-order chi connectivity index (χ0) is 13.8. The van der Waals surface area contributed by atoms with Crippen molar-refractivity contribution in [3.63, 3.8) is 0 Å². The predicted molar refractivity (Wildman–Crippen MR) is 75.4 cm³/mol. The molecule has 19 heavy (non-hydrogen) atoms. The van der Waals surface area contributed by atoms with Crippen LogP contribution in [0.25, 0.3) is 0 Å². The summed E-state index contributed by atoms with van der Waals surface area (Å²) < 4.78 is 14.3. The third-order valence-electron chi connectivity index (χ3n) is 2.54. The molecule has 0 unspecified atom stereocenters. The van der Waals surface area contributed by atoms with E-state index in [-0.39, 0.29) is 12.3 Å². The van der Waals surface area contributed by atoms with Gasteiger partial charge in [-0.15, -0.1) is 0 Å². The van der Waals surface area contributed by atoms with Gasteiger partial charge in [-0.2, -0.15) is 0 Å². The number of rotatable bonds is 3. The Morgan fingerprint density at radius 2 is 2.16 bits per heavy atom. The molecular weight excluding hydrogens is 311 g/mol. The lowest BCUT2D eigenvalue weighted by Gasteiger charge is -2.06. The van der Waals surface area contributed by atoms with Gasteiger partial charge in [-0.1, -0.05) is 15.9 Å². The van der Waals surface area contributed by atoms with Gasteiger partial charge in [0.25, 0.3) is 0 Å². The van der Waals surface area contributed by atoms with Gasteiger partial charge in [0.15, 0.2) is 0 Å². The minimum absolute atomic E-state index is 0.0269. The number of benzene rings is 1. The maximum Gasteiger partial charge on any atom is 0.230 e. The molecule has 5 heteroatoms. The van der Waals surface area contributed by atoms with Gasteiger partial charge >= 0.3 is 0 Å². The monoisotopic (exact) mass is 322 g/mol. The molecule has 0 aliphatic heterocycles. The second-order valence-corrected chi connectivity index (χ2v) is 5.09. The minimum atomic E-state index is -0.393. The van der Waals surface area contributed by atoms with Crippen molar-refractivity contribution in [2.45, 2.75) is 13.3 Å². The first kappa shape index (κ1) is 13.7. The second-order valence-electron chi connectivity index (χ2n) is 4.18. The Bertz CT molecular complexity index is 616. The number of hydrogen-bond acceptors (Lipinski definition) is 2. The molecule has 1 aromatic heterocycles. The van der Waals surface area contributed by atoms with E-state index in [2.05, 4.69) is 26.2 Å². The fourth-order valence-corrected chi connectivity index (χ4v) is 2.05. The number of amides is 1. The molecule has 3 nitrogen and oxygen atoms in total. The van der Waals surface area contributed by atoms with E-state index in [4.69, 9.17) is 0 Å². The van der Waals surface area contributed by atoms with Gasteiger partial charge in [0.1, 0.15) is 11.6 Å². The number of hydrogen-bond donors (Lipinski definition) is 1. The number of aryl methyl sites for hydroxylation is 1. The second kappa shape index (κ2) is 5.93. The maximum absolute atomic E-state index is 13.5. The first-order valence-electron chi connectivity index (χ1n) is 5.71. The van der Waals surface area contributed by atoms with Gasteiger partial charge < -0.3 is 5.32 Å². The Hall–Kier alpha value is -1.75. The Balaban J connectivity index is 2.07. The summed E-state index contributed by atoms with van der Waals surface area (Å²) in [6, 6.07) is 8.12. The lowest BCUT2D eigenvalue weighted by atomic mass is 10.1. The summed E-state index contributed by atoms with van der Waals surface area (Å²) in [6.07, 6.45) is 1.59. The zero-order valence-corrected chi connectivity index (χ0v) is 11.9. The van der Waals surface area contributed by atoms with Crippen LogP contribution in [0, 0.1) is 12.7 Å². The fourth-order valence-electron chi connectivity index (χ4n) is 1.64. The molecule has 0 radical (unpaired) electrons. The highest BCUT2D eigenvalue weighted by atomic mass is 79.9. The number of aromatic nitrogens is 1. The van der Waals surface area contributed by atoms with Crippen LogP contribution in [0.5, 0.6) is 0 Å². The smallest absolute Gasteiger partial charge is 0.230 e. The third-order valence-corrected chi connectivity index (χ3v) is 3.03. The molecule has 0 bridgehead atoms. The number of carbonyl (C=O) groups excluding carboxylic acids is 1. The van der Waals surface area contributed by atoms with E-state index in [9.17, 15) is 9.18 Å². The zero-order valence-electron chi connectivity index (χ0n) is 10.3. The molecule has 1 heterocycles. The number of nitrogens with zero attached hydrogens (tertiary/aromatic N) is 1. The molecule has 0 saturated heterocycles. The summed E-state index contributed by atoms with van der Waals surface area (Å²) in [5.74, 6) is -0.217. The number of nitrogens with one attached hydrogen (secondary N) is 1. The van der Waals surface area contributed by atoms with Crippen molar-refractivity contribution < 1.29 is 9.18 Å². The summed E-state index contributed by atoms with van der Waals surface area (Å²) in [6.45, 7) is 1.91. The molecule has 2 aromatic rings. The first-order valence-corrected chi connectivity index (χ1v) is 6.50. The van der Waals surface area contributed by atoms with Crippen molar-refractivity contribution in [3.8, 4) is 0 Å². The molecule has 1 aromatic carbocycles. The first-order chi connectivity index (χ1) is 9.04. The average molecular weight is 323 g/mol.